The highest BCUT2D eigenvalue weighted by atomic mass is 16.4. The second kappa shape index (κ2) is 6.10. The van der Waals surface area contributed by atoms with Crippen molar-refractivity contribution in [3.8, 4) is 0 Å². The van der Waals surface area contributed by atoms with Crippen LogP contribution in [-0.2, 0) is 12.8 Å². The smallest absolute Gasteiger partial charge is 0.335 e. The highest BCUT2D eigenvalue weighted by Crippen LogP contribution is 2.15. The number of nitrogens with zero attached hydrogens (tertiary/aromatic N) is 3. The van der Waals surface area contributed by atoms with E-state index < -0.39 is 5.97 Å². The summed E-state index contributed by atoms with van der Waals surface area (Å²) in [7, 11) is 0. The molecule has 0 radical (unpaired) electrons. The van der Waals surface area contributed by atoms with E-state index in [4.69, 9.17) is 5.11 Å². The fraction of sp³-hybridized carbons (Fsp3) is 0.286. The number of aromatic carboxylic acids is 1. The van der Waals surface area contributed by atoms with Gasteiger partial charge in [0.15, 0.2) is 0 Å². The van der Waals surface area contributed by atoms with E-state index in [1.165, 1.54) is 12.1 Å². The van der Waals surface area contributed by atoms with Crippen molar-refractivity contribution < 1.29 is 9.90 Å². The van der Waals surface area contributed by atoms with Crippen molar-refractivity contribution in [3.05, 3.63) is 41.2 Å². The highest BCUT2D eigenvalue weighted by molar-refractivity contribution is 5.88. The van der Waals surface area contributed by atoms with Gasteiger partial charge >= 0.3 is 5.97 Å². The number of aryl methyl sites for hydroxylation is 2. The van der Waals surface area contributed by atoms with E-state index in [-0.39, 0.29) is 5.56 Å². The third-order valence-corrected chi connectivity index (χ3v) is 2.87. The van der Waals surface area contributed by atoms with Crippen LogP contribution in [0.2, 0.25) is 0 Å². The lowest BCUT2D eigenvalue weighted by molar-refractivity contribution is 0.0697. The summed E-state index contributed by atoms with van der Waals surface area (Å²) in [6.07, 6.45) is 1.57. The maximum Gasteiger partial charge on any atom is 0.335 e. The molecule has 6 nitrogen and oxygen atoms in total. The SMILES string of the molecule is CCc1nnc(Nc2cccc(C(=O)O)c2)nc1CC. The molecule has 0 fully saturated rings. The van der Waals surface area contributed by atoms with Gasteiger partial charge in [-0.2, -0.15) is 0 Å². The maximum atomic E-state index is 10.9. The van der Waals surface area contributed by atoms with Gasteiger partial charge in [0.2, 0.25) is 5.95 Å². The molecule has 6 heteroatoms. The van der Waals surface area contributed by atoms with Crippen molar-refractivity contribution >= 4 is 17.6 Å². The third kappa shape index (κ3) is 3.09. The molecule has 0 unspecified atom stereocenters. The number of rotatable bonds is 5. The molecule has 0 atom stereocenters. The van der Waals surface area contributed by atoms with E-state index in [1.54, 1.807) is 12.1 Å². The van der Waals surface area contributed by atoms with Gasteiger partial charge < -0.3 is 10.4 Å². The zero-order valence-corrected chi connectivity index (χ0v) is 11.4. The van der Waals surface area contributed by atoms with Gasteiger partial charge in [-0.3, -0.25) is 0 Å². The van der Waals surface area contributed by atoms with E-state index in [1.807, 2.05) is 13.8 Å². The van der Waals surface area contributed by atoms with Crippen LogP contribution in [-0.4, -0.2) is 26.3 Å². The topological polar surface area (TPSA) is 88.0 Å². The number of carbonyl (C=O) groups is 1. The van der Waals surface area contributed by atoms with Crippen molar-refractivity contribution in [3.63, 3.8) is 0 Å². The van der Waals surface area contributed by atoms with E-state index >= 15 is 0 Å². The van der Waals surface area contributed by atoms with Crippen LogP contribution in [0.15, 0.2) is 24.3 Å². The Balaban J connectivity index is 2.25. The third-order valence-electron chi connectivity index (χ3n) is 2.87. The molecule has 1 aromatic carbocycles. The first kappa shape index (κ1) is 13.9. The summed E-state index contributed by atoms with van der Waals surface area (Å²) in [6, 6.07) is 6.49. The van der Waals surface area contributed by atoms with E-state index in [0.29, 0.717) is 11.6 Å². The zero-order chi connectivity index (χ0) is 14.5. The van der Waals surface area contributed by atoms with Crippen LogP contribution in [0, 0.1) is 0 Å². The van der Waals surface area contributed by atoms with Crippen LogP contribution in [0.25, 0.3) is 0 Å². The Morgan fingerprint density at radius 1 is 1.20 bits per heavy atom. The number of hydrogen-bond donors (Lipinski definition) is 2. The first-order chi connectivity index (χ1) is 9.63. The minimum absolute atomic E-state index is 0.212. The second-order valence-electron chi connectivity index (χ2n) is 4.25. The predicted molar refractivity (Wildman–Crippen MR) is 75.3 cm³/mol. The molecule has 0 aliphatic heterocycles. The number of hydrogen-bond acceptors (Lipinski definition) is 5. The molecule has 0 bridgehead atoms. The summed E-state index contributed by atoms with van der Waals surface area (Å²) in [5.74, 6) is -0.593. The number of carboxylic acids is 1. The molecule has 0 amide bonds. The number of aromatic nitrogens is 3. The van der Waals surface area contributed by atoms with Gasteiger partial charge in [0.05, 0.1) is 17.0 Å². The fourth-order valence-corrected chi connectivity index (χ4v) is 1.85. The number of nitrogens with one attached hydrogen (secondary N) is 1. The van der Waals surface area contributed by atoms with Crippen LogP contribution in [0.3, 0.4) is 0 Å². The van der Waals surface area contributed by atoms with Crippen LogP contribution in [0.5, 0.6) is 0 Å². The normalized spacial score (nSPS) is 10.3. The lowest BCUT2D eigenvalue weighted by Crippen LogP contribution is -2.07. The number of anilines is 2. The second-order valence-corrected chi connectivity index (χ2v) is 4.25. The molecule has 2 rings (SSSR count). The molecule has 0 aliphatic rings. The average Bonchev–Trinajstić information content (AvgIpc) is 2.47. The van der Waals surface area contributed by atoms with Crippen molar-refractivity contribution in [1.82, 2.24) is 15.2 Å². The molecule has 0 saturated carbocycles. The molecule has 1 aromatic heterocycles. The van der Waals surface area contributed by atoms with Gasteiger partial charge in [-0.15, -0.1) is 10.2 Å². The minimum Gasteiger partial charge on any atom is -0.478 e. The summed E-state index contributed by atoms with van der Waals surface area (Å²) in [6.45, 7) is 4.02. The first-order valence-electron chi connectivity index (χ1n) is 6.46. The molecular formula is C14H16N4O2. The zero-order valence-electron chi connectivity index (χ0n) is 11.4. The lowest BCUT2D eigenvalue weighted by Gasteiger charge is -2.08. The maximum absolute atomic E-state index is 10.9. The standard InChI is InChI=1S/C14H16N4O2/c1-3-11-12(4-2)17-18-14(16-11)15-10-7-5-6-9(8-10)13(19)20/h5-8H,3-4H2,1-2H3,(H,19,20)(H,15,16,18). The quantitative estimate of drug-likeness (QED) is 0.869. The molecule has 104 valence electrons. The van der Waals surface area contributed by atoms with E-state index in [2.05, 4.69) is 20.5 Å². The van der Waals surface area contributed by atoms with Gasteiger partial charge in [0.25, 0.3) is 0 Å². The van der Waals surface area contributed by atoms with Crippen molar-refractivity contribution in [1.29, 1.82) is 0 Å². The van der Waals surface area contributed by atoms with Crippen LogP contribution < -0.4 is 5.32 Å². The highest BCUT2D eigenvalue weighted by Gasteiger charge is 2.08. The van der Waals surface area contributed by atoms with E-state index in [9.17, 15) is 4.79 Å². The van der Waals surface area contributed by atoms with Crippen LogP contribution in [0.4, 0.5) is 11.6 Å². The summed E-state index contributed by atoms with van der Waals surface area (Å²) < 4.78 is 0. The number of benzene rings is 1. The predicted octanol–water partition coefficient (Wildman–Crippen LogP) is 2.44. The summed E-state index contributed by atoms with van der Waals surface area (Å²) in [5.41, 5.74) is 2.62. The lowest BCUT2D eigenvalue weighted by atomic mass is 10.2. The molecule has 2 N–H and O–H groups in total. The molecule has 0 saturated heterocycles. The van der Waals surface area contributed by atoms with Gasteiger partial charge in [0.1, 0.15) is 0 Å². The van der Waals surface area contributed by atoms with Crippen molar-refractivity contribution in [2.75, 3.05) is 5.32 Å². The van der Waals surface area contributed by atoms with Crippen molar-refractivity contribution in [2.45, 2.75) is 26.7 Å². The van der Waals surface area contributed by atoms with Gasteiger partial charge in [-0.25, -0.2) is 9.78 Å². The van der Waals surface area contributed by atoms with Gasteiger partial charge in [0, 0.05) is 5.69 Å². The molecule has 1 heterocycles. The fourth-order valence-electron chi connectivity index (χ4n) is 1.85. The van der Waals surface area contributed by atoms with E-state index in [0.717, 1.165) is 24.2 Å². The Hall–Kier alpha value is -2.50. The largest absolute Gasteiger partial charge is 0.478 e. The van der Waals surface area contributed by atoms with Crippen molar-refractivity contribution in [2.24, 2.45) is 0 Å². The minimum atomic E-state index is -0.969. The van der Waals surface area contributed by atoms with Crippen LogP contribution in [0.1, 0.15) is 35.6 Å². The average molecular weight is 272 g/mol. The van der Waals surface area contributed by atoms with Crippen LogP contribution >= 0.6 is 0 Å². The Morgan fingerprint density at radius 3 is 2.60 bits per heavy atom. The van der Waals surface area contributed by atoms with Gasteiger partial charge in [-0.1, -0.05) is 19.9 Å². The molecular weight excluding hydrogens is 256 g/mol. The Morgan fingerprint density at radius 2 is 1.95 bits per heavy atom. The number of carboxylic acid groups (broad SMARTS) is 1. The Bertz CT molecular complexity index is 628. The van der Waals surface area contributed by atoms with Gasteiger partial charge in [-0.05, 0) is 31.0 Å². The monoisotopic (exact) mass is 272 g/mol. The Labute approximate surface area is 116 Å². The summed E-state index contributed by atoms with van der Waals surface area (Å²) in [5, 5.41) is 20.1. The molecule has 0 aliphatic carbocycles. The Kier molecular flexibility index (Phi) is 4.24. The molecule has 0 spiro atoms. The molecule has 2 aromatic rings. The first-order valence-corrected chi connectivity index (χ1v) is 6.46. The summed E-state index contributed by atoms with van der Waals surface area (Å²) in [4.78, 5) is 15.3. The molecule has 20 heavy (non-hydrogen) atoms. The summed E-state index contributed by atoms with van der Waals surface area (Å²) >= 11 is 0.